The molecule has 0 radical (unpaired) electrons. The van der Waals surface area contributed by atoms with E-state index in [0.717, 1.165) is 31.3 Å². The molecule has 0 saturated carbocycles. The summed E-state index contributed by atoms with van der Waals surface area (Å²) in [5, 5.41) is 31.4. The second-order valence-electron chi connectivity index (χ2n) is 10.2. The first-order valence-electron chi connectivity index (χ1n) is 12.2. The maximum absolute atomic E-state index is 11.7. The fourth-order valence-corrected chi connectivity index (χ4v) is 4.34. The van der Waals surface area contributed by atoms with Crippen LogP contribution in [0.25, 0.3) is 11.0 Å². The topological polar surface area (TPSA) is 97.5 Å². The van der Waals surface area contributed by atoms with Crippen LogP contribution in [0.4, 0.5) is 0 Å². The van der Waals surface area contributed by atoms with Crippen LogP contribution in [0.5, 0.6) is 0 Å². The highest BCUT2D eigenvalue weighted by Gasteiger charge is 2.46. The van der Waals surface area contributed by atoms with Crippen LogP contribution >= 0.6 is 0 Å². The lowest BCUT2D eigenvalue weighted by Gasteiger charge is -2.40. The minimum atomic E-state index is -2.20. The van der Waals surface area contributed by atoms with Crippen LogP contribution in [-0.2, 0) is 9.53 Å². The van der Waals surface area contributed by atoms with Crippen molar-refractivity contribution in [2.24, 2.45) is 11.3 Å². The molecule has 1 aromatic heterocycles. The number of nitrogens with zero attached hydrogens (tertiary/aromatic N) is 3. The summed E-state index contributed by atoms with van der Waals surface area (Å²) in [6.45, 7) is 10.5. The fourth-order valence-electron chi connectivity index (χ4n) is 4.34. The number of hydrogen-bond acceptors (Lipinski definition) is 6. The highest BCUT2D eigenvalue weighted by atomic mass is 16.5. The zero-order chi connectivity index (χ0) is 24.9. The third kappa shape index (κ3) is 5.84. The summed E-state index contributed by atoms with van der Waals surface area (Å²) in [5.41, 5.74) is 1.93. The smallest absolute Gasteiger partial charge is 0.215 e. The Morgan fingerprint density at radius 1 is 1.21 bits per heavy atom. The number of aromatic nitrogens is 3. The van der Waals surface area contributed by atoms with Gasteiger partial charge in [-0.3, -0.25) is 0 Å². The number of rotatable bonds is 10. The van der Waals surface area contributed by atoms with Crippen molar-refractivity contribution in [3.63, 3.8) is 0 Å². The van der Waals surface area contributed by atoms with Gasteiger partial charge in [0, 0.05) is 6.42 Å². The van der Waals surface area contributed by atoms with Crippen molar-refractivity contribution in [2.45, 2.75) is 78.6 Å². The van der Waals surface area contributed by atoms with E-state index in [1.54, 1.807) is 12.2 Å². The maximum Gasteiger partial charge on any atom is 0.215 e. The first-order chi connectivity index (χ1) is 16.1. The molecule has 1 aliphatic rings. The van der Waals surface area contributed by atoms with Crippen LogP contribution in [0.15, 0.2) is 53.3 Å². The van der Waals surface area contributed by atoms with E-state index in [2.05, 4.69) is 24.0 Å². The SMILES string of the molecule is CCCCC(CC)COC(=C=O)CC1=CC(n2nc3ccccc3n2)C(O)(O)C(C(C)(C)C)=C1. The molecule has 1 heterocycles. The van der Waals surface area contributed by atoms with Gasteiger partial charge in [-0.15, -0.1) is 0 Å². The first kappa shape index (κ1) is 25.9. The zero-order valence-electron chi connectivity index (χ0n) is 20.9. The van der Waals surface area contributed by atoms with Crippen LogP contribution in [-0.4, -0.2) is 43.5 Å². The quantitative estimate of drug-likeness (QED) is 0.293. The molecule has 2 N–H and O–H groups in total. The molecule has 1 aliphatic carbocycles. The molecule has 0 aliphatic heterocycles. The number of aliphatic hydroxyl groups is 2. The van der Waals surface area contributed by atoms with E-state index in [1.165, 1.54) is 4.80 Å². The van der Waals surface area contributed by atoms with E-state index < -0.39 is 17.2 Å². The Kier molecular flexibility index (Phi) is 8.13. The summed E-state index contributed by atoms with van der Waals surface area (Å²) in [6.07, 6.45) is 7.96. The largest absolute Gasteiger partial charge is 0.486 e. The molecule has 1 aromatic carbocycles. The molecular formula is C27H37N3O4. The van der Waals surface area contributed by atoms with Gasteiger partial charge in [0.1, 0.15) is 17.1 Å². The van der Waals surface area contributed by atoms with E-state index in [-0.39, 0.29) is 12.2 Å². The van der Waals surface area contributed by atoms with E-state index >= 15 is 0 Å². The lowest BCUT2D eigenvalue weighted by molar-refractivity contribution is -0.166. The molecule has 3 rings (SSSR count). The average molecular weight is 468 g/mol. The number of carbonyl (C=O) groups excluding carboxylic acids is 1. The molecule has 2 unspecified atom stereocenters. The monoisotopic (exact) mass is 467 g/mol. The van der Waals surface area contributed by atoms with Crippen molar-refractivity contribution in [2.75, 3.05) is 6.61 Å². The van der Waals surface area contributed by atoms with E-state index in [4.69, 9.17) is 4.74 Å². The van der Waals surface area contributed by atoms with Gasteiger partial charge in [0.15, 0.2) is 11.7 Å². The molecule has 7 heteroatoms. The normalized spacial score (nSPS) is 18.7. The van der Waals surface area contributed by atoms with Gasteiger partial charge in [0.25, 0.3) is 0 Å². The summed E-state index contributed by atoms with van der Waals surface area (Å²) in [4.78, 5) is 13.0. The predicted octanol–water partition coefficient (Wildman–Crippen LogP) is 4.90. The van der Waals surface area contributed by atoms with Crippen LogP contribution in [0, 0.1) is 11.3 Å². The van der Waals surface area contributed by atoms with E-state index in [9.17, 15) is 15.0 Å². The van der Waals surface area contributed by atoms with Gasteiger partial charge in [-0.2, -0.15) is 15.0 Å². The molecule has 184 valence electrons. The number of benzene rings is 1. The second-order valence-corrected chi connectivity index (χ2v) is 10.2. The van der Waals surface area contributed by atoms with E-state index in [1.807, 2.05) is 51.0 Å². The highest BCUT2D eigenvalue weighted by Crippen LogP contribution is 2.44. The summed E-state index contributed by atoms with van der Waals surface area (Å²) < 4.78 is 5.87. The number of allylic oxidation sites excluding steroid dienone is 2. The second kappa shape index (κ2) is 10.7. The van der Waals surface area contributed by atoms with Gasteiger partial charge >= 0.3 is 0 Å². The minimum absolute atomic E-state index is 0.209. The van der Waals surface area contributed by atoms with Gasteiger partial charge < -0.3 is 14.9 Å². The van der Waals surface area contributed by atoms with Crippen molar-refractivity contribution < 1.29 is 19.7 Å². The summed E-state index contributed by atoms with van der Waals surface area (Å²) in [5.74, 6) is 0.352. The van der Waals surface area contributed by atoms with Crippen LogP contribution in [0.1, 0.15) is 72.8 Å². The molecule has 0 fully saturated rings. The molecule has 7 nitrogen and oxygen atoms in total. The van der Waals surface area contributed by atoms with Gasteiger partial charge in [-0.25, -0.2) is 4.79 Å². The molecular weight excluding hydrogens is 430 g/mol. The predicted molar refractivity (Wildman–Crippen MR) is 132 cm³/mol. The summed E-state index contributed by atoms with van der Waals surface area (Å²) >= 11 is 0. The third-order valence-electron chi connectivity index (χ3n) is 6.38. The minimum Gasteiger partial charge on any atom is -0.486 e. The lowest BCUT2D eigenvalue weighted by Crippen LogP contribution is -2.46. The first-order valence-corrected chi connectivity index (χ1v) is 12.2. The van der Waals surface area contributed by atoms with Gasteiger partial charge in [-0.1, -0.05) is 72.1 Å². The Labute approximate surface area is 201 Å². The fraction of sp³-hybridized carbons (Fsp3) is 0.556. The van der Waals surface area contributed by atoms with Gasteiger partial charge in [-0.05, 0) is 47.1 Å². The number of hydrogen-bond donors (Lipinski definition) is 2. The van der Waals surface area contributed by atoms with E-state index in [0.29, 0.717) is 29.1 Å². The standard InChI is InChI=1S/C27H37N3O4/c1-6-8-11-19(7-2)18-34-21(17-31)14-20-15-24(26(3,4)5)27(32,33)25(16-20)30-28-22-12-9-10-13-23(22)29-30/h9-10,12-13,15-16,19,25,32-33H,6-8,11,14,18H2,1-5H3. The van der Waals surface area contributed by atoms with Crippen molar-refractivity contribution >= 4 is 17.0 Å². The number of ether oxygens (including phenoxy) is 1. The Hall–Kier alpha value is -2.73. The zero-order valence-corrected chi connectivity index (χ0v) is 20.9. The average Bonchev–Trinajstić information content (AvgIpc) is 3.22. The molecule has 0 saturated heterocycles. The Morgan fingerprint density at radius 2 is 1.85 bits per heavy atom. The Balaban J connectivity index is 1.91. The third-order valence-corrected chi connectivity index (χ3v) is 6.38. The molecule has 2 atom stereocenters. The van der Waals surface area contributed by atoms with Crippen LogP contribution in [0.3, 0.4) is 0 Å². The van der Waals surface area contributed by atoms with Gasteiger partial charge in [0.2, 0.25) is 5.79 Å². The van der Waals surface area contributed by atoms with Crippen molar-refractivity contribution in [1.82, 2.24) is 15.0 Å². The van der Waals surface area contributed by atoms with Gasteiger partial charge in [0.05, 0.1) is 6.61 Å². The summed E-state index contributed by atoms with van der Waals surface area (Å²) in [7, 11) is 0. The lowest BCUT2D eigenvalue weighted by atomic mass is 9.74. The van der Waals surface area contributed by atoms with Crippen molar-refractivity contribution in [3.8, 4) is 0 Å². The van der Waals surface area contributed by atoms with Crippen LogP contribution < -0.4 is 0 Å². The molecule has 0 spiro atoms. The molecule has 2 aromatic rings. The van der Waals surface area contributed by atoms with Crippen molar-refractivity contribution in [1.29, 1.82) is 0 Å². The highest BCUT2D eigenvalue weighted by molar-refractivity contribution is 5.73. The summed E-state index contributed by atoms with van der Waals surface area (Å²) in [6, 6.07) is 6.41. The van der Waals surface area contributed by atoms with Crippen molar-refractivity contribution in [3.05, 3.63) is 53.3 Å². The maximum atomic E-state index is 11.7. The molecule has 0 bridgehead atoms. The van der Waals surface area contributed by atoms with Crippen LogP contribution in [0.2, 0.25) is 0 Å². The number of unbranched alkanes of at least 4 members (excludes halogenated alkanes) is 1. The molecule has 0 amide bonds. The number of fused-ring (bicyclic) bond motifs is 1. The molecule has 34 heavy (non-hydrogen) atoms. The Morgan fingerprint density at radius 3 is 2.38 bits per heavy atom. The Bertz CT molecular complexity index is 1070.